The summed E-state index contributed by atoms with van der Waals surface area (Å²) in [6.07, 6.45) is 1.59. The number of pyridine rings is 1. The van der Waals surface area contributed by atoms with E-state index in [2.05, 4.69) is 27.5 Å². The molecule has 1 aromatic heterocycles. The molecule has 37 heavy (non-hydrogen) atoms. The van der Waals surface area contributed by atoms with Gasteiger partial charge in [-0.25, -0.2) is 4.98 Å². The molecule has 0 bridgehead atoms. The van der Waals surface area contributed by atoms with Gasteiger partial charge in [-0.05, 0) is 30.0 Å². The van der Waals surface area contributed by atoms with Crippen LogP contribution < -0.4 is 18.9 Å². The highest BCUT2D eigenvalue weighted by Crippen LogP contribution is 2.57. The number of nitrogens with zero attached hydrogens (tertiary/aromatic N) is 1. The van der Waals surface area contributed by atoms with E-state index < -0.39 is 15.9 Å². The fourth-order valence-electron chi connectivity index (χ4n) is 5.28. The van der Waals surface area contributed by atoms with Gasteiger partial charge >= 0.3 is 0 Å². The third-order valence-corrected chi connectivity index (χ3v) is 7.89. The van der Waals surface area contributed by atoms with Crippen molar-refractivity contribution in [3.05, 3.63) is 70.9 Å². The minimum absolute atomic E-state index is 0.145. The molecule has 5 rings (SSSR count). The van der Waals surface area contributed by atoms with Crippen molar-refractivity contribution in [1.29, 1.82) is 0 Å². The van der Waals surface area contributed by atoms with E-state index in [-0.39, 0.29) is 16.9 Å². The van der Waals surface area contributed by atoms with Crippen LogP contribution in [-0.2, 0) is 4.32 Å². The van der Waals surface area contributed by atoms with Gasteiger partial charge in [0.2, 0.25) is 5.88 Å². The predicted molar refractivity (Wildman–Crippen MR) is 146 cm³/mol. The summed E-state index contributed by atoms with van der Waals surface area (Å²) >= 11 is 3.60. The van der Waals surface area contributed by atoms with Crippen molar-refractivity contribution in [2.75, 3.05) is 28.4 Å². The lowest BCUT2D eigenvalue weighted by Crippen LogP contribution is -2.33. The van der Waals surface area contributed by atoms with Crippen molar-refractivity contribution in [2.45, 2.75) is 11.2 Å². The van der Waals surface area contributed by atoms with Crippen LogP contribution in [-0.4, -0.2) is 45.0 Å². The van der Waals surface area contributed by atoms with E-state index in [9.17, 15) is 9.59 Å². The summed E-state index contributed by atoms with van der Waals surface area (Å²) in [6, 6.07) is 11.0. The second-order valence-electron chi connectivity index (χ2n) is 8.63. The van der Waals surface area contributed by atoms with Gasteiger partial charge in [0.25, 0.3) is 0 Å². The molecule has 188 valence electrons. The van der Waals surface area contributed by atoms with Gasteiger partial charge in [-0.3, -0.25) is 9.59 Å². The van der Waals surface area contributed by atoms with E-state index in [4.69, 9.17) is 18.9 Å². The van der Waals surface area contributed by atoms with Crippen molar-refractivity contribution in [1.82, 2.24) is 4.98 Å². The van der Waals surface area contributed by atoms with Crippen LogP contribution in [0.3, 0.4) is 0 Å². The highest BCUT2D eigenvalue weighted by molar-refractivity contribution is 9.10. The summed E-state index contributed by atoms with van der Waals surface area (Å²) in [5.74, 6) is 0.227. The molecule has 0 radical (unpaired) electrons. The Kier molecular flexibility index (Phi) is 5.95. The summed E-state index contributed by atoms with van der Waals surface area (Å²) in [4.78, 5) is 33.2. The zero-order valence-corrected chi connectivity index (χ0v) is 22.6. The smallest absolute Gasteiger partial charge is 0.225 e. The topological polar surface area (TPSA) is 84.0 Å². The molecular weight excluding hydrogens is 538 g/mol. The average Bonchev–Trinajstić information content (AvgIpc) is 3.11. The monoisotopic (exact) mass is 561 g/mol. The molecule has 0 N–H and O–H groups in total. The Morgan fingerprint density at radius 1 is 0.865 bits per heavy atom. The number of ether oxygens (including phenoxy) is 4. The largest absolute Gasteiger partial charge is 0.496 e. The Morgan fingerprint density at radius 2 is 1.41 bits per heavy atom. The molecule has 4 aromatic rings. The molecular formula is C29H24BrNO6. The van der Waals surface area contributed by atoms with Crippen molar-refractivity contribution in [3.63, 3.8) is 0 Å². The number of halogens is 1. The van der Waals surface area contributed by atoms with Crippen molar-refractivity contribution < 1.29 is 28.5 Å². The Hall–Kier alpha value is -3.91. The van der Waals surface area contributed by atoms with Crippen molar-refractivity contribution in [2.24, 2.45) is 0 Å². The molecule has 0 atom stereocenters. The van der Waals surface area contributed by atoms with Crippen molar-refractivity contribution in [3.8, 4) is 23.1 Å². The number of aryl methyl sites for hydroxylation is 1. The number of hydrogen-bond acceptors (Lipinski definition) is 7. The number of ketones is 2. The first-order chi connectivity index (χ1) is 17.8. The second kappa shape index (κ2) is 8.88. The summed E-state index contributed by atoms with van der Waals surface area (Å²) in [5.41, 5.74) is 1.88. The number of Topliss-reactive ketones (excluding diaryl/α,β-unsaturated/α-hetero) is 2. The van der Waals surface area contributed by atoms with Crippen LogP contribution in [0.1, 0.15) is 37.5 Å². The first-order valence-corrected chi connectivity index (χ1v) is 12.2. The lowest BCUT2D eigenvalue weighted by atomic mass is 9.86. The average molecular weight is 562 g/mol. The predicted octanol–water partition coefficient (Wildman–Crippen LogP) is 6.04. The second-order valence-corrected chi connectivity index (χ2v) is 9.82. The number of methoxy groups -OCH3 is 4. The fraction of sp³-hybridized carbons (Fsp3) is 0.207. The molecule has 8 heteroatoms. The normalized spacial score (nSPS) is 14.1. The SMILES string of the molecule is C=Cc1cc2cc(C)nc(OC)c2c(OC)c1C1(Br)C(=O)c2c(c(OC)c3ccccc3c2OC)C1=O. The Balaban J connectivity index is 1.94. The van der Waals surface area contributed by atoms with E-state index in [1.807, 2.05) is 43.3 Å². The Morgan fingerprint density at radius 3 is 1.86 bits per heavy atom. The maximum atomic E-state index is 14.4. The van der Waals surface area contributed by atoms with Crippen LogP contribution in [0.4, 0.5) is 0 Å². The number of aromatic nitrogens is 1. The molecule has 1 aliphatic carbocycles. The fourth-order valence-corrected chi connectivity index (χ4v) is 6.09. The maximum Gasteiger partial charge on any atom is 0.225 e. The number of alkyl halides is 1. The van der Waals surface area contributed by atoms with E-state index in [0.29, 0.717) is 44.7 Å². The summed E-state index contributed by atoms with van der Waals surface area (Å²) in [6.45, 7) is 5.81. The van der Waals surface area contributed by atoms with E-state index in [1.165, 1.54) is 28.4 Å². The number of carbonyl (C=O) groups excluding carboxylic acids is 2. The zero-order chi connectivity index (χ0) is 26.6. The van der Waals surface area contributed by atoms with Gasteiger partial charge in [0.05, 0.1) is 45.0 Å². The number of benzene rings is 3. The van der Waals surface area contributed by atoms with Crippen LogP contribution in [0.2, 0.25) is 0 Å². The molecule has 0 amide bonds. The molecule has 0 unspecified atom stereocenters. The summed E-state index contributed by atoms with van der Waals surface area (Å²) in [7, 11) is 5.94. The highest BCUT2D eigenvalue weighted by Gasteiger charge is 2.58. The third kappa shape index (κ3) is 3.21. The first-order valence-electron chi connectivity index (χ1n) is 11.4. The third-order valence-electron chi connectivity index (χ3n) is 6.77. The van der Waals surface area contributed by atoms with Gasteiger partial charge in [-0.15, -0.1) is 0 Å². The first kappa shape index (κ1) is 24.8. The molecule has 7 nitrogen and oxygen atoms in total. The van der Waals surface area contributed by atoms with E-state index in [1.54, 1.807) is 6.08 Å². The molecule has 0 aliphatic heterocycles. The molecule has 0 fully saturated rings. The van der Waals surface area contributed by atoms with E-state index >= 15 is 0 Å². The van der Waals surface area contributed by atoms with Crippen LogP contribution in [0.15, 0.2) is 43.0 Å². The van der Waals surface area contributed by atoms with Gasteiger partial charge in [0.1, 0.15) is 17.2 Å². The standard InChI is InChI=1S/C29H24BrNO6/c1-7-15-13-16-12-14(2)31-28(37-6)19(16)25(36-5)22(15)29(30)26(32)20-21(27(29)33)24(35-4)18-11-9-8-10-17(18)23(20)34-3/h7-13H,1H2,2-6H3. The van der Waals surface area contributed by atoms with E-state index in [0.717, 1.165) is 11.1 Å². The number of carbonyl (C=O) groups is 2. The lowest BCUT2D eigenvalue weighted by molar-refractivity contribution is 0.0868. The van der Waals surface area contributed by atoms with Crippen LogP contribution >= 0.6 is 15.9 Å². The molecule has 0 spiro atoms. The molecule has 3 aromatic carbocycles. The molecule has 0 saturated carbocycles. The maximum absolute atomic E-state index is 14.4. The highest BCUT2D eigenvalue weighted by atomic mass is 79.9. The lowest BCUT2D eigenvalue weighted by Gasteiger charge is -2.26. The van der Waals surface area contributed by atoms with Gasteiger partial charge in [0.15, 0.2) is 15.9 Å². The van der Waals surface area contributed by atoms with Crippen molar-refractivity contribution >= 4 is 55.1 Å². The summed E-state index contributed by atoms with van der Waals surface area (Å²) < 4.78 is 21.1. The van der Waals surface area contributed by atoms with Crippen LogP contribution in [0.5, 0.6) is 23.1 Å². The van der Waals surface area contributed by atoms with Crippen LogP contribution in [0.25, 0.3) is 27.6 Å². The number of hydrogen-bond donors (Lipinski definition) is 0. The minimum atomic E-state index is -1.84. The zero-order valence-electron chi connectivity index (χ0n) is 21.0. The van der Waals surface area contributed by atoms with Gasteiger partial charge in [0, 0.05) is 22.0 Å². The van der Waals surface area contributed by atoms with Gasteiger partial charge < -0.3 is 18.9 Å². The number of rotatable bonds is 6. The quantitative estimate of drug-likeness (QED) is 0.209. The molecule has 1 heterocycles. The number of fused-ring (bicyclic) bond motifs is 3. The molecule has 0 saturated heterocycles. The minimum Gasteiger partial charge on any atom is -0.496 e. The van der Waals surface area contributed by atoms with Gasteiger partial charge in [-0.2, -0.15) is 0 Å². The van der Waals surface area contributed by atoms with Gasteiger partial charge in [-0.1, -0.05) is 52.9 Å². The Bertz CT molecular complexity index is 1600. The molecule has 1 aliphatic rings. The summed E-state index contributed by atoms with van der Waals surface area (Å²) in [5, 5.41) is 2.63. The van der Waals surface area contributed by atoms with Crippen LogP contribution in [0, 0.1) is 6.92 Å². The Labute approximate surface area is 222 Å².